The van der Waals surface area contributed by atoms with Crippen LogP contribution in [0, 0.1) is 0 Å². The van der Waals surface area contributed by atoms with Crippen molar-refractivity contribution in [2.24, 2.45) is 0 Å². The fraction of sp³-hybridized carbons (Fsp3) is 0. The summed E-state index contributed by atoms with van der Waals surface area (Å²) < 4.78 is 9.33. The normalized spacial score (nSPS) is 11.5. The van der Waals surface area contributed by atoms with Crippen LogP contribution in [0.1, 0.15) is 0 Å². The van der Waals surface area contributed by atoms with Crippen molar-refractivity contribution in [3.05, 3.63) is 188 Å². The van der Waals surface area contributed by atoms with Gasteiger partial charge in [0.25, 0.3) is 0 Å². The molecule has 8 aromatic carbocycles. The minimum Gasteiger partial charge on any atom is -0.455 e. The van der Waals surface area contributed by atoms with E-state index >= 15 is 0 Å². The molecule has 2 heterocycles. The lowest BCUT2D eigenvalue weighted by Crippen LogP contribution is -2.10. The summed E-state index contributed by atoms with van der Waals surface area (Å²) in [7, 11) is 0. The first-order valence-corrected chi connectivity index (χ1v) is 18.1. The van der Waals surface area contributed by atoms with E-state index in [4.69, 9.17) is 4.42 Å². The van der Waals surface area contributed by atoms with Crippen LogP contribution in [0.4, 0.5) is 17.1 Å². The van der Waals surface area contributed by atoms with Crippen molar-refractivity contribution in [2.75, 3.05) is 4.90 Å². The topological polar surface area (TPSA) is 16.4 Å². The maximum atomic E-state index is 6.69. The minimum absolute atomic E-state index is 0.878. The first-order chi connectivity index (χ1) is 25.3. The third-order valence-electron chi connectivity index (χ3n) is 9.90. The lowest BCUT2D eigenvalue weighted by molar-refractivity contribution is 0.670. The second-order valence-electron chi connectivity index (χ2n) is 12.9. The molecule has 0 N–H and O–H groups in total. The van der Waals surface area contributed by atoms with Crippen molar-refractivity contribution in [1.82, 2.24) is 0 Å². The van der Waals surface area contributed by atoms with Gasteiger partial charge in [-0.05, 0) is 76.3 Å². The molecule has 0 amide bonds. The first-order valence-electron chi connectivity index (χ1n) is 17.3. The van der Waals surface area contributed by atoms with Crippen LogP contribution in [0.2, 0.25) is 0 Å². The Kier molecular flexibility index (Phi) is 7.04. The first kappa shape index (κ1) is 29.5. The third-order valence-corrected chi connectivity index (χ3v) is 11.1. The number of benzene rings is 8. The number of rotatable bonds is 6. The molecule has 0 unspecified atom stereocenters. The minimum atomic E-state index is 0.878. The fourth-order valence-corrected chi connectivity index (χ4v) is 8.71. The van der Waals surface area contributed by atoms with Gasteiger partial charge in [-0.2, -0.15) is 0 Å². The Balaban J connectivity index is 1.17. The largest absolute Gasteiger partial charge is 0.455 e. The quantitative estimate of drug-likeness (QED) is 0.175. The predicted octanol–water partition coefficient (Wildman–Crippen LogP) is 14.4. The molecule has 0 saturated heterocycles. The van der Waals surface area contributed by atoms with Crippen LogP contribution in [0.15, 0.2) is 192 Å². The van der Waals surface area contributed by atoms with E-state index in [0.717, 1.165) is 50.1 Å². The van der Waals surface area contributed by atoms with Crippen LogP contribution in [-0.4, -0.2) is 0 Å². The van der Waals surface area contributed by atoms with Gasteiger partial charge in [-0.1, -0.05) is 140 Å². The van der Waals surface area contributed by atoms with Crippen LogP contribution >= 0.6 is 11.3 Å². The van der Waals surface area contributed by atoms with Crippen LogP contribution in [0.3, 0.4) is 0 Å². The monoisotopic (exact) mass is 669 g/mol. The summed E-state index contributed by atoms with van der Waals surface area (Å²) in [6, 6.07) is 67.2. The van der Waals surface area contributed by atoms with Gasteiger partial charge in [0.2, 0.25) is 0 Å². The van der Waals surface area contributed by atoms with Crippen LogP contribution in [-0.2, 0) is 0 Å². The summed E-state index contributed by atoms with van der Waals surface area (Å²) in [6.07, 6.45) is 0. The molecule has 0 radical (unpaired) electrons. The zero-order valence-electron chi connectivity index (χ0n) is 27.7. The number of furan rings is 1. The average Bonchev–Trinajstić information content (AvgIpc) is 3.79. The lowest BCUT2D eigenvalue weighted by Gasteiger charge is -2.27. The van der Waals surface area contributed by atoms with E-state index in [1.165, 1.54) is 42.4 Å². The zero-order valence-corrected chi connectivity index (χ0v) is 28.5. The Morgan fingerprint density at radius 3 is 1.71 bits per heavy atom. The Morgan fingerprint density at radius 1 is 0.392 bits per heavy atom. The molecular weight excluding hydrogens is 639 g/mol. The van der Waals surface area contributed by atoms with Crippen molar-refractivity contribution in [2.45, 2.75) is 0 Å². The number of hydrogen-bond donors (Lipinski definition) is 0. The number of anilines is 3. The predicted molar refractivity (Wildman–Crippen MR) is 218 cm³/mol. The summed E-state index contributed by atoms with van der Waals surface area (Å²) in [5.74, 6) is 0. The van der Waals surface area contributed by atoms with E-state index < -0.39 is 0 Å². The molecule has 0 aliphatic heterocycles. The molecule has 3 heteroatoms. The zero-order chi connectivity index (χ0) is 33.7. The highest BCUT2D eigenvalue weighted by Gasteiger charge is 2.22. The molecule has 240 valence electrons. The highest BCUT2D eigenvalue weighted by atomic mass is 32.1. The van der Waals surface area contributed by atoms with Gasteiger partial charge in [0.1, 0.15) is 11.2 Å². The molecule has 0 saturated carbocycles. The second-order valence-corrected chi connectivity index (χ2v) is 13.9. The number of hydrogen-bond acceptors (Lipinski definition) is 3. The molecule has 51 heavy (non-hydrogen) atoms. The molecular formula is C48H31NOS. The Bertz CT molecular complexity index is 2830. The summed E-state index contributed by atoms with van der Waals surface area (Å²) in [5, 5.41) is 4.82. The van der Waals surface area contributed by atoms with E-state index in [1.807, 2.05) is 17.4 Å². The smallest absolute Gasteiger partial charge is 0.145 e. The van der Waals surface area contributed by atoms with E-state index in [0.29, 0.717) is 0 Å². The van der Waals surface area contributed by atoms with Gasteiger partial charge in [-0.3, -0.25) is 0 Å². The molecule has 10 aromatic rings. The van der Waals surface area contributed by atoms with E-state index in [1.54, 1.807) is 0 Å². The summed E-state index contributed by atoms with van der Waals surface area (Å²) in [4.78, 5) is 2.37. The van der Waals surface area contributed by atoms with Crippen molar-refractivity contribution >= 4 is 70.5 Å². The fourth-order valence-electron chi connectivity index (χ4n) is 7.47. The second kappa shape index (κ2) is 12.2. The standard InChI is InChI=1S/C48H31NOS/c1-3-12-32(13-4-1)33-22-26-36(27-23-33)49(37-28-24-35(25-29-37)39-18-11-19-41-40-16-8-10-21-45(40)51-48(39)41)43-31-30-38(34-14-5-2-6-15-34)47-46(43)42-17-7-9-20-44(42)50-47/h1-31H. The molecule has 0 fully saturated rings. The number of nitrogens with zero attached hydrogens (tertiary/aromatic N) is 1. The van der Waals surface area contributed by atoms with Gasteiger partial charge in [0.05, 0.1) is 11.1 Å². The van der Waals surface area contributed by atoms with Crippen LogP contribution in [0.25, 0.3) is 75.5 Å². The maximum Gasteiger partial charge on any atom is 0.145 e. The summed E-state index contributed by atoms with van der Waals surface area (Å²) in [5.41, 5.74) is 12.0. The molecule has 10 rings (SSSR count). The molecule has 0 atom stereocenters. The van der Waals surface area contributed by atoms with E-state index in [-0.39, 0.29) is 0 Å². The van der Waals surface area contributed by atoms with Crippen molar-refractivity contribution < 1.29 is 4.42 Å². The van der Waals surface area contributed by atoms with E-state index in [2.05, 4.69) is 187 Å². The van der Waals surface area contributed by atoms with Crippen molar-refractivity contribution in [1.29, 1.82) is 0 Å². The molecule has 2 nitrogen and oxygen atoms in total. The molecule has 0 spiro atoms. The van der Waals surface area contributed by atoms with Gasteiger partial charge in [-0.25, -0.2) is 0 Å². The highest BCUT2D eigenvalue weighted by molar-refractivity contribution is 7.26. The molecule has 2 aromatic heterocycles. The Labute approximate surface area is 300 Å². The SMILES string of the molecule is c1ccc(-c2ccc(N(c3ccc(-c4cccc5c4sc4ccccc45)cc3)c3ccc(-c4ccccc4)c4oc5ccccc5c34)cc2)cc1. The van der Waals surface area contributed by atoms with E-state index in [9.17, 15) is 0 Å². The lowest BCUT2D eigenvalue weighted by atomic mass is 9.99. The summed E-state index contributed by atoms with van der Waals surface area (Å²) >= 11 is 1.87. The van der Waals surface area contributed by atoms with Gasteiger partial charge in [-0.15, -0.1) is 11.3 Å². The third kappa shape index (κ3) is 5.01. The number of fused-ring (bicyclic) bond motifs is 6. The molecule has 0 bridgehead atoms. The Morgan fingerprint density at radius 2 is 0.961 bits per heavy atom. The number of thiophene rings is 1. The van der Waals surface area contributed by atoms with Gasteiger partial charge in [0, 0.05) is 42.5 Å². The van der Waals surface area contributed by atoms with Crippen molar-refractivity contribution in [3.63, 3.8) is 0 Å². The average molecular weight is 670 g/mol. The van der Waals surface area contributed by atoms with Gasteiger partial charge in [0.15, 0.2) is 0 Å². The van der Waals surface area contributed by atoms with Crippen molar-refractivity contribution in [3.8, 4) is 33.4 Å². The van der Waals surface area contributed by atoms with Gasteiger partial charge >= 0.3 is 0 Å². The molecule has 0 aliphatic carbocycles. The summed E-state index contributed by atoms with van der Waals surface area (Å²) in [6.45, 7) is 0. The van der Waals surface area contributed by atoms with Gasteiger partial charge < -0.3 is 9.32 Å². The number of para-hydroxylation sites is 1. The Hall–Kier alpha value is -6.42. The van der Waals surface area contributed by atoms with Crippen LogP contribution < -0.4 is 4.90 Å². The molecule has 0 aliphatic rings. The highest BCUT2D eigenvalue weighted by Crippen LogP contribution is 2.47. The van der Waals surface area contributed by atoms with Crippen LogP contribution in [0.5, 0.6) is 0 Å². The maximum absolute atomic E-state index is 6.69.